The zero-order chi connectivity index (χ0) is 19.2. The van der Waals surface area contributed by atoms with Crippen LogP contribution in [0, 0.1) is 0 Å². The molecule has 28 heavy (non-hydrogen) atoms. The van der Waals surface area contributed by atoms with Gasteiger partial charge < -0.3 is 5.73 Å². The van der Waals surface area contributed by atoms with Gasteiger partial charge in [-0.2, -0.15) is 5.01 Å². The van der Waals surface area contributed by atoms with Gasteiger partial charge in [0.15, 0.2) is 0 Å². The maximum absolute atomic E-state index is 6.50. The number of hydrogen-bond acceptors (Lipinski definition) is 4. The highest BCUT2D eigenvalue weighted by Gasteiger charge is 2.28. The van der Waals surface area contributed by atoms with E-state index in [0.717, 1.165) is 19.6 Å². The van der Waals surface area contributed by atoms with Crippen LogP contribution in [0.5, 0.6) is 0 Å². The van der Waals surface area contributed by atoms with E-state index in [-0.39, 0.29) is 6.17 Å². The number of hydrazine groups is 2. The summed E-state index contributed by atoms with van der Waals surface area (Å²) in [5, 5.41) is 6.74. The Kier molecular flexibility index (Phi) is 5.83. The molecular formula is C24H26N4. The van der Waals surface area contributed by atoms with E-state index in [1.165, 1.54) is 16.7 Å². The van der Waals surface area contributed by atoms with Crippen molar-refractivity contribution in [1.82, 2.24) is 15.1 Å². The molecule has 0 bridgehead atoms. The predicted molar refractivity (Wildman–Crippen MR) is 113 cm³/mol. The minimum atomic E-state index is -0.170. The number of hydrogen-bond donors (Lipinski definition) is 1. The molecule has 1 unspecified atom stereocenters. The highest BCUT2D eigenvalue weighted by molar-refractivity contribution is 5.18. The van der Waals surface area contributed by atoms with Gasteiger partial charge in [0.2, 0.25) is 0 Å². The minimum absolute atomic E-state index is 0.170. The van der Waals surface area contributed by atoms with E-state index >= 15 is 0 Å². The van der Waals surface area contributed by atoms with Gasteiger partial charge >= 0.3 is 0 Å². The molecule has 0 saturated heterocycles. The first-order valence-corrected chi connectivity index (χ1v) is 9.66. The first kappa shape index (κ1) is 18.4. The first-order chi connectivity index (χ1) is 13.8. The van der Waals surface area contributed by atoms with Crippen LogP contribution in [0.2, 0.25) is 0 Å². The molecule has 0 radical (unpaired) electrons. The molecule has 0 fully saturated rings. The zero-order valence-corrected chi connectivity index (χ0v) is 15.9. The Labute approximate surface area is 167 Å². The lowest BCUT2D eigenvalue weighted by molar-refractivity contribution is -0.202. The molecule has 1 aliphatic heterocycles. The first-order valence-electron chi connectivity index (χ1n) is 9.66. The maximum Gasteiger partial charge on any atom is 0.0938 e. The second kappa shape index (κ2) is 8.85. The van der Waals surface area contributed by atoms with Crippen molar-refractivity contribution in [3.8, 4) is 0 Å². The number of nitrogens with two attached hydrogens (primary N) is 1. The minimum Gasteiger partial charge on any atom is -0.311 e. The van der Waals surface area contributed by atoms with E-state index < -0.39 is 0 Å². The fourth-order valence-electron chi connectivity index (χ4n) is 3.46. The van der Waals surface area contributed by atoms with Crippen LogP contribution >= 0.6 is 0 Å². The molecule has 142 valence electrons. The standard InChI is InChI=1S/C24H26N4/c25-24-16-17-26(18-21-10-4-1-5-11-21)28(20-23-14-8-3-9-15-23)27(24)19-22-12-6-2-7-13-22/h1-17,24H,18-20,25H2. The van der Waals surface area contributed by atoms with Crippen molar-refractivity contribution in [3.63, 3.8) is 0 Å². The molecule has 1 aliphatic rings. The summed E-state index contributed by atoms with van der Waals surface area (Å²) in [6.45, 7) is 2.31. The second-order valence-electron chi connectivity index (χ2n) is 7.01. The van der Waals surface area contributed by atoms with Gasteiger partial charge in [0.25, 0.3) is 0 Å². The summed E-state index contributed by atoms with van der Waals surface area (Å²) in [5.41, 5.74) is 10.3. The van der Waals surface area contributed by atoms with Crippen molar-refractivity contribution in [2.24, 2.45) is 5.73 Å². The van der Waals surface area contributed by atoms with E-state index in [4.69, 9.17) is 5.73 Å². The Morgan fingerprint density at radius 2 is 1.07 bits per heavy atom. The average Bonchev–Trinajstić information content (AvgIpc) is 2.75. The van der Waals surface area contributed by atoms with Crippen LogP contribution in [0.4, 0.5) is 0 Å². The highest BCUT2D eigenvalue weighted by Crippen LogP contribution is 2.22. The third-order valence-corrected chi connectivity index (χ3v) is 4.93. The Hall–Kier alpha value is -2.92. The molecule has 1 heterocycles. The van der Waals surface area contributed by atoms with E-state index in [0.29, 0.717) is 0 Å². The largest absolute Gasteiger partial charge is 0.311 e. The van der Waals surface area contributed by atoms with E-state index in [2.05, 4.69) is 112 Å². The summed E-state index contributed by atoms with van der Waals surface area (Å²) in [7, 11) is 0. The van der Waals surface area contributed by atoms with Crippen LogP contribution in [0.3, 0.4) is 0 Å². The predicted octanol–water partition coefficient (Wildman–Crippen LogP) is 4.14. The van der Waals surface area contributed by atoms with Crippen LogP contribution in [-0.2, 0) is 19.6 Å². The molecule has 2 N–H and O–H groups in total. The number of benzene rings is 3. The Balaban J connectivity index is 1.62. The zero-order valence-electron chi connectivity index (χ0n) is 15.9. The molecule has 0 spiro atoms. The fourth-order valence-corrected chi connectivity index (χ4v) is 3.46. The van der Waals surface area contributed by atoms with E-state index in [1.54, 1.807) is 0 Å². The van der Waals surface area contributed by atoms with Crippen molar-refractivity contribution < 1.29 is 0 Å². The van der Waals surface area contributed by atoms with Gasteiger partial charge in [-0.3, -0.25) is 5.01 Å². The SMILES string of the molecule is NC1C=CN(Cc2ccccc2)N(Cc2ccccc2)N1Cc1ccccc1. The van der Waals surface area contributed by atoms with E-state index in [1.807, 2.05) is 6.07 Å². The molecule has 4 rings (SSSR count). The van der Waals surface area contributed by atoms with Crippen molar-refractivity contribution >= 4 is 0 Å². The van der Waals surface area contributed by atoms with E-state index in [9.17, 15) is 0 Å². The maximum atomic E-state index is 6.50. The monoisotopic (exact) mass is 370 g/mol. The molecule has 0 saturated carbocycles. The lowest BCUT2D eigenvalue weighted by Gasteiger charge is -2.47. The van der Waals surface area contributed by atoms with Crippen LogP contribution in [0.1, 0.15) is 16.7 Å². The summed E-state index contributed by atoms with van der Waals surface area (Å²) in [6.07, 6.45) is 3.99. The molecule has 0 aromatic heterocycles. The summed E-state index contributed by atoms with van der Waals surface area (Å²) < 4.78 is 0. The van der Waals surface area contributed by atoms with Crippen molar-refractivity contribution in [1.29, 1.82) is 0 Å². The van der Waals surface area contributed by atoms with Gasteiger partial charge in [-0.15, -0.1) is 5.12 Å². The Bertz CT molecular complexity index is 880. The highest BCUT2D eigenvalue weighted by atomic mass is 15.9. The molecule has 4 heteroatoms. The van der Waals surface area contributed by atoms with Gasteiger partial charge in [-0.05, 0) is 22.8 Å². The third kappa shape index (κ3) is 4.49. The van der Waals surface area contributed by atoms with Gasteiger partial charge in [0.1, 0.15) is 0 Å². The van der Waals surface area contributed by atoms with Gasteiger partial charge in [0.05, 0.1) is 19.3 Å². The molecule has 0 aliphatic carbocycles. The molecule has 3 aromatic rings. The van der Waals surface area contributed by atoms with Crippen LogP contribution < -0.4 is 5.73 Å². The van der Waals surface area contributed by atoms with Crippen LogP contribution in [0.25, 0.3) is 0 Å². The Morgan fingerprint density at radius 1 is 0.607 bits per heavy atom. The molecular weight excluding hydrogens is 344 g/mol. The summed E-state index contributed by atoms with van der Waals surface area (Å²) in [4.78, 5) is 0. The lowest BCUT2D eigenvalue weighted by Crippen LogP contribution is -2.58. The smallest absolute Gasteiger partial charge is 0.0938 e. The quantitative estimate of drug-likeness (QED) is 0.708. The van der Waals surface area contributed by atoms with Crippen molar-refractivity contribution in [2.45, 2.75) is 25.8 Å². The molecule has 4 nitrogen and oxygen atoms in total. The van der Waals surface area contributed by atoms with Gasteiger partial charge in [-0.25, -0.2) is 0 Å². The normalized spacial score (nSPS) is 17.8. The fraction of sp³-hybridized carbons (Fsp3) is 0.167. The lowest BCUT2D eigenvalue weighted by atomic mass is 10.2. The summed E-state index contributed by atoms with van der Waals surface area (Å²) in [6, 6.07) is 31.5. The second-order valence-corrected chi connectivity index (χ2v) is 7.01. The van der Waals surface area contributed by atoms with Crippen molar-refractivity contribution in [2.75, 3.05) is 0 Å². The molecule has 0 amide bonds. The Morgan fingerprint density at radius 3 is 1.61 bits per heavy atom. The van der Waals surface area contributed by atoms with Crippen LogP contribution in [0.15, 0.2) is 103 Å². The topological polar surface area (TPSA) is 35.7 Å². The van der Waals surface area contributed by atoms with Gasteiger partial charge in [-0.1, -0.05) is 91.0 Å². The summed E-state index contributed by atoms with van der Waals surface area (Å²) >= 11 is 0. The van der Waals surface area contributed by atoms with Crippen LogP contribution in [-0.4, -0.2) is 21.3 Å². The average molecular weight is 371 g/mol. The molecule has 3 aromatic carbocycles. The molecule has 1 atom stereocenters. The van der Waals surface area contributed by atoms with Gasteiger partial charge in [0, 0.05) is 12.7 Å². The van der Waals surface area contributed by atoms with Crippen molar-refractivity contribution in [3.05, 3.63) is 120 Å². The summed E-state index contributed by atoms with van der Waals surface area (Å²) in [5.74, 6) is 0. The number of nitrogens with zero attached hydrogens (tertiary/aromatic N) is 3. The third-order valence-electron chi connectivity index (χ3n) is 4.93. The number of rotatable bonds is 6.